The average Bonchev–Trinajstić information content (AvgIpc) is 2.81. The summed E-state index contributed by atoms with van der Waals surface area (Å²) >= 11 is 0. The van der Waals surface area contributed by atoms with Crippen LogP contribution in [0.1, 0.15) is 12.5 Å². The molecule has 0 saturated heterocycles. The lowest BCUT2D eigenvalue weighted by atomic mass is 10.1. The number of anilines is 1. The molecule has 2 amide bonds. The topological polar surface area (TPSA) is 124 Å². The monoisotopic (exact) mass is 306 g/mol. The van der Waals surface area contributed by atoms with E-state index in [-0.39, 0.29) is 11.4 Å². The number of nitro groups is 1. The van der Waals surface area contributed by atoms with Gasteiger partial charge >= 0.3 is 11.7 Å². The highest BCUT2D eigenvalue weighted by molar-refractivity contribution is 5.96. The first-order chi connectivity index (χ1) is 10.4. The van der Waals surface area contributed by atoms with Crippen LogP contribution in [-0.2, 0) is 6.54 Å². The van der Waals surface area contributed by atoms with Crippen molar-refractivity contribution in [2.24, 2.45) is 0 Å². The number of nitro benzene ring substituents is 1. The minimum Gasteiger partial charge on any atom is -0.306 e. The zero-order chi connectivity index (χ0) is 16.3. The summed E-state index contributed by atoms with van der Waals surface area (Å²) in [6.45, 7) is 3.64. The molecule has 10 nitrogen and oxygen atoms in total. The van der Waals surface area contributed by atoms with E-state index in [4.69, 9.17) is 0 Å². The molecule has 0 saturated carbocycles. The maximum absolute atomic E-state index is 11.9. The van der Waals surface area contributed by atoms with Gasteiger partial charge in [0.1, 0.15) is 6.33 Å². The van der Waals surface area contributed by atoms with Crippen molar-refractivity contribution >= 4 is 17.4 Å². The van der Waals surface area contributed by atoms with Gasteiger partial charge in [-0.1, -0.05) is 6.07 Å². The Kier molecular flexibility index (Phi) is 4.20. The number of amides is 2. The van der Waals surface area contributed by atoms with Crippen molar-refractivity contribution in [1.29, 1.82) is 0 Å². The molecule has 0 aliphatic carbocycles. The number of urea groups is 1. The van der Waals surface area contributed by atoms with Gasteiger partial charge in [-0.05, 0) is 19.9 Å². The third kappa shape index (κ3) is 2.95. The predicted octanol–water partition coefficient (Wildman–Crippen LogP) is 1.06. The third-order valence-corrected chi connectivity index (χ3v) is 3.01. The van der Waals surface area contributed by atoms with E-state index in [1.54, 1.807) is 6.92 Å². The zero-order valence-electron chi connectivity index (χ0n) is 11.9. The summed E-state index contributed by atoms with van der Waals surface area (Å²) in [6.07, 6.45) is 1.17. The Labute approximate surface area is 124 Å². The van der Waals surface area contributed by atoms with Crippen LogP contribution in [-0.4, -0.2) is 25.4 Å². The van der Waals surface area contributed by atoms with E-state index in [0.717, 1.165) is 4.68 Å². The SMILES string of the molecule is CCn1ncn(NC(=O)Nc2cccc([N+](=O)[O-])c2C)c1=O. The Balaban J connectivity index is 2.16. The fourth-order valence-corrected chi connectivity index (χ4v) is 1.85. The van der Waals surface area contributed by atoms with Gasteiger partial charge in [0.15, 0.2) is 0 Å². The number of rotatable bonds is 4. The standard InChI is InChI=1S/C12H14N6O4/c1-3-16-12(20)17(7-13-16)15-11(19)14-9-5-4-6-10(8(9)2)18(21)22/h4-7H,3H2,1-2H3,(H2,14,15,19). The maximum Gasteiger partial charge on any atom is 0.364 e. The number of carbonyl (C=O) groups is 1. The van der Waals surface area contributed by atoms with Crippen LogP contribution in [0, 0.1) is 17.0 Å². The Bertz CT molecular complexity index is 778. The summed E-state index contributed by atoms with van der Waals surface area (Å²) in [5.41, 5.74) is 2.29. The molecule has 0 unspecified atom stereocenters. The Morgan fingerprint density at radius 3 is 2.77 bits per heavy atom. The number of nitrogens with one attached hydrogen (secondary N) is 2. The molecular formula is C12H14N6O4. The summed E-state index contributed by atoms with van der Waals surface area (Å²) in [5.74, 6) is 0. The van der Waals surface area contributed by atoms with Gasteiger partial charge in [0.05, 0.1) is 16.2 Å². The summed E-state index contributed by atoms with van der Waals surface area (Å²) in [4.78, 5) is 33.9. The largest absolute Gasteiger partial charge is 0.364 e. The molecule has 0 aliphatic rings. The van der Waals surface area contributed by atoms with Crippen molar-refractivity contribution in [3.8, 4) is 0 Å². The van der Waals surface area contributed by atoms with E-state index in [9.17, 15) is 19.7 Å². The van der Waals surface area contributed by atoms with Crippen LogP contribution in [0.15, 0.2) is 29.3 Å². The van der Waals surface area contributed by atoms with Crippen molar-refractivity contribution < 1.29 is 9.72 Å². The van der Waals surface area contributed by atoms with Gasteiger partial charge in [0.25, 0.3) is 5.69 Å². The van der Waals surface area contributed by atoms with E-state index >= 15 is 0 Å². The molecule has 2 rings (SSSR count). The second kappa shape index (κ2) is 6.08. The first kappa shape index (κ1) is 15.2. The van der Waals surface area contributed by atoms with Crippen molar-refractivity contribution in [3.63, 3.8) is 0 Å². The van der Waals surface area contributed by atoms with E-state index < -0.39 is 16.6 Å². The van der Waals surface area contributed by atoms with Crippen LogP contribution in [0.4, 0.5) is 16.2 Å². The molecule has 0 spiro atoms. The van der Waals surface area contributed by atoms with Crippen LogP contribution in [0.5, 0.6) is 0 Å². The summed E-state index contributed by atoms with van der Waals surface area (Å²) in [6, 6.07) is 3.62. The Morgan fingerprint density at radius 1 is 1.45 bits per heavy atom. The van der Waals surface area contributed by atoms with E-state index in [2.05, 4.69) is 15.8 Å². The smallest absolute Gasteiger partial charge is 0.306 e. The normalized spacial score (nSPS) is 10.3. The number of aryl methyl sites for hydroxylation is 1. The highest BCUT2D eigenvalue weighted by Gasteiger charge is 2.15. The summed E-state index contributed by atoms with van der Waals surface area (Å²) < 4.78 is 2.09. The number of aromatic nitrogens is 3. The van der Waals surface area contributed by atoms with E-state index in [1.807, 2.05) is 0 Å². The van der Waals surface area contributed by atoms with Crippen LogP contribution in [0.3, 0.4) is 0 Å². The van der Waals surface area contributed by atoms with Gasteiger partial charge in [-0.15, -0.1) is 0 Å². The molecular weight excluding hydrogens is 292 g/mol. The van der Waals surface area contributed by atoms with Gasteiger partial charge < -0.3 is 5.32 Å². The quantitative estimate of drug-likeness (QED) is 0.645. The van der Waals surface area contributed by atoms with Crippen molar-refractivity contribution in [3.05, 3.63) is 50.7 Å². The number of hydrogen-bond acceptors (Lipinski definition) is 5. The van der Waals surface area contributed by atoms with Gasteiger partial charge in [0.2, 0.25) is 0 Å². The molecule has 2 aromatic rings. The molecule has 2 N–H and O–H groups in total. The number of benzene rings is 1. The summed E-state index contributed by atoms with van der Waals surface area (Å²) in [7, 11) is 0. The molecule has 10 heteroatoms. The molecule has 1 heterocycles. The van der Waals surface area contributed by atoms with Crippen molar-refractivity contribution in [2.75, 3.05) is 10.7 Å². The molecule has 0 fully saturated rings. The highest BCUT2D eigenvalue weighted by atomic mass is 16.6. The van der Waals surface area contributed by atoms with Gasteiger partial charge in [0, 0.05) is 12.6 Å². The predicted molar refractivity (Wildman–Crippen MR) is 78.4 cm³/mol. The second-order valence-electron chi connectivity index (χ2n) is 4.37. The highest BCUT2D eigenvalue weighted by Crippen LogP contribution is 2.24. The van der Waals surface area contributed by atoms with E-state index in [1.165, 1.54) is 36.1 Å². The van der Waals surface area contributed by atoms with Gasteiger partial charge in [-0.2, -0.15) is 9.77 Å². The number of nitrogens with zero attached hydrogens (tertiary/aromatic N) is 4. The fraction of sp³-hybridized carbons (Fsp3) is 0.250. The average molecular weight is 306 g/mol. The minimum absolute atomic E-state index is 0.103. The molecule has 1 aromatic carbocycles. The van der Waals surface area contributed by atoms with Crippen LogP contribution < -0.4 is 16.4 Å². The lowest BCUT2D eigenvalue weighted by molar-refractivity contribution is -0.385. The lowest BCUT2D eigenvalue weighted by Crippen LogP contribution is -2.36. The first-order valence-electron chi connectivity index (χ1n) is 6.40. The number of carbonyl (C=O) groups excluding carboxylic acids is 1. The van der Waals surface area contributed by atoms with Crippen LogP contribution >= 0.6 is 0 Å². The lowest BCUT2D eigenvalue weighted by Gasteiger charge is -2.09. The van der Waals surface area contributed by atoms with Gasteiger partial charge in [-0.3, -0.25) is 10.1 Å². The molecule has 116 valence electrons. The molecule has 0 radical (unpaired) electrons. The van der Waals surface area contributed by atoms with Crippen molar-refractivity contribution in [2.45, 2.75) is 20.4 Å². The second-order valence-corrected chi connectivity index (χ2v) is 4.37. The molecule has 0 atom stereocenters. The van der Waals surface area contributed by atoms with Crippen LogP contribution in [0.25, 0.3) is 0 Å². The minimum atomic E-state index is -0.707. The zero-order valence-corrected chi connectivity index (χ0v) is 11.9. The Hall–Kier alpha value is -3.17. The number of hydrogen-bond donors (Lipinski definition) is 2. The van der Waals surface area contributed by atoms with Crippen molar-refractivity contribution in [1.82, 2.24) is 14.5 Å². The molecule has 0 aliphatic heterocycles. The first-order valence-corrected chi connectivity index (χ1v) is 6.40. The Morgan fingerprint density at radius 2 is 2.18 bits per heavy atom. The maximum atomic E-state index is 11.9. The van der Waals surface area contributed by atoms with Crippen LogP contribution in [0.2, 0.25) is 0 Å². The molecule has 22 heavy (non-hydrogen) atoms. The summed E-state index contributed by atoms with van der Waals surface area (Å²) in [5, 5.41) is 17.1. The molecule has 1 aromatic heterocycles. The fourth-order valence-electron chi connectivity index (χ4n) is 1.85. The third-order valence-electron chi connectivity index (χ3n) is 3.01. The molecule has 0 bridgehead atoms. The van der Waals surface area contributed by atoms with Gasteiger partial charge in [-0.25, -0.2) is 19.7 Å². The van der Waals surface area contributed by atoms with E-state index in [0.29, 0.717) is 12.1 Å².